The van der Waals surface area contributed by atoms with Crippen molar-refractivity contribution in [3.05, 3.63) is 65.9 Å². The molecule has 1 aliphatic carbocycles. The van der Waals surface area contributed by atoms with Crippen molar-refractivity contribution in [2.45, 2.75) is 25.1 Å². The summed E-state index contributed by atoms with van der Waals surface area (Å²) >= 11 is 8.09. The van der Waals surface area contributed by atoms with E-state index in [9.17, 15) is 5.11 Å². The summed E-state index contributed by atoms with van der Waals surface area (Å²) in [7, 11) is 0. The molecule has 2 nitrogen and oxygen atoms in total. The van der Waals surface area contributed by atoms with Crippen LogP contribution in [0.3, 0.4) is 0 Å². The lowest BCUT2D eigenvalue weighted by Gasteiger charge is -2.28. The Morgan fingerprint density at radius 1 is 1.16 bits per heavy atom. The second kappa shape index (κ2) is 6.81. The highest BCUT2D eigenvalue weighted by Crippen LogP contribution is 2.34. The molecule has 0 bridgehead atoms. The van der Waals surface area contributed by atoms with Gasteiger partial charge in [-0.1, -0.05) is 43.3 Å². The van der Waals surface area contributed by atoms with Gasteiger partial charge in [-0.15, -0.1) is 22.9 Å². The van der Waals surface area contributed by atoms with Gasteiger partial charge in [-0.3, -0.25) is 0 Å². The average molecular weight is 370 g/mol. The number of alkyl halides is 1. The third-order valence-electron chi connectivity index (χ3n) is 4.91. The summed E-state index contributed by atoms with van der Waals surface area (Å²) < 4.78 is 1.21. The zero-order chi connectivity index (χ0) is 17.4. The zero-order valence-corrected chi connectivity index (χ0v) is 15.6. The van der Waals surface area contributed by atoms with Gasteiger partial charge in [-0.25, -0.2) is 4.98 Å². The van der Waals surface area contributed by atoms with Crippen molar-refractivity contribution in [1.82, 2.24) is 4.98 Å². The lowest BCUT2D eigenvalue weighted by Crippen LogP contribution is -2.24. The quantitative estimate of drug-likeness (QED) is 0.556. The van der Waals surface area contributed by atoms with Gasteiger partial charge in [0.05, 0.1) is 16.0 Å². The third-order valence-corrected chi connectivity index (χ3v) is 6.57. The molecule has 4 rings (SSSR count). The number of thiazole rings is 1. The van der Waals surface area contributed by atoms with E-state index in [1.54, 1.807) is 11.3 Å². The van der Waals surface area contributed by atoms with Crippen molar-refractivity contribution in [3.8, 4) is 10.6 Å². The fourth-order valence-corrected chi connectivity index (χ4v) is 4.63. The van der Waals surface area contributed by atoms with E-state index < -0.39 is 0 Å². The van der Waals surface area contributed by atoms with E-state index >= 15 is 0 Å². The molecule has 1 heterocycles. The Bertz CT molecular complexity index is 882. The summed E-state index contributed by atoms with van der Waals surface area (Å²) in [6.45, 7) is 2.05. The van der Waals surface area contributed by atoms with Gasteiger partial charge in [-0.05, 0) is 42.5 Å². The first kappa shape index (κ1) is 16.6. The number of fused-ring (bicyclic) bond motifs is 1. The maximum Gasteiger partial charge on any atom is 0.124 e. The average Bonchev–Trinajstić information content (AvgIpc) is 3.04. The van der Waals surface area contributed by atoms with Gasteiger partial charge in [0, 0.05) is 16.9 Å². The van der Waals surface area contributed by atoms with Crippen molar-refractivity contribution in [2.75, 3.05) is 0 Å². The minimum absolute atomic E-state index is 0.0999. The fourth-order valence-electron chi connectivity index (χ4n) is 3.37. The van der Waals surface area contributed by atoms with Crippen LogP contribution in [0.25, 0.3) is 20.8 Å². The lowest BCUT2D eigenvalue weighted by molar-refractivity contribution is 0.284. The van der Waals surface area contributed by atoms with Gasteiger partial charge in [0.2, 0.25) is 0 Å². The first-order chi connectivity index (χ1) is 12.1. The SMILES string of the molecule is C[C@H]1C=C(O)C(Cc2ccc(-c3nc4ccccc4s3)cc2)CC1Cl. The van der Waals surface area contributed by atoms with Gasteiger partial charge >= 0.3 is 0 Å². The number of hydrogen-bond donors (Lipinski definition) is 1. The topological polar surface area (TPSA) is 33.1 Å². The predicted octanol–water partition coefficient (Wildman–Crippen LogP) is 6.21. The molecule has 0 saturated carbocycles. The van der Waals surface area contributed by atoms with Crippen LogP contribution in [0.15, 0.2) is 60.4 Å². The number of halogens is 1. The van der Waals surface area contributed by atoms with Crippen LogP contribution in [-0.2, 0) is 6.42 Å². The van der Waals surface area contributed by atoms with Crippen molar-refractivity contribution >= 4 is 33.2 Å². The minimum Gasteiger partial charge on any atom is -0.512 e. The standard InChI is InChI=1S/C21H20ClNOS/c1-13-10-19(24)16(12-17(13)22)11-14-6-8-15(9-7-14)21-23-18-4-2-3-5-20(18)25-21/h2-10,13,16-17,24H,11-12H2,1H3/t13-,16?,17?/m0/s1. The van der Waals surface area contributed by atoms with Gasteiger partial charge in [0.25, 0.3) is 0 Å². The highest BCUT2D eigenvalue weighted by Gasteiger charge is 2.27. The Labute approximate surface area is 156 Å². The van der Waals surface area contributed by atoms with Crippen molar-refractivity contribution in [1.29, 1.82) is 0 Å². The molecule has 3 atom stereocenters. The van der Waals surface area contributed by atoms with Gasteiger partial charge in [0.15, 0.2) is 0 Å². The van der Waals surface area contributed by atoms with Crippen LogP contribution < -0.4 is 0 Å². The first-order valence-electron chi connectivity index (χ1n) is 8.60. The van der Waals surface area contributed by atoms with E-state index in [2.05, 4.69) is 37.3 Å². The molecule has 1 N–H and O–H groups in total. The number of aliphatic hydroxyl groups is 1. The van der Waals surface area contributed by atoms with E-state index in [0.717, 1.165) is 28.9 Å². The smallest absolute Gasteiger partial charge is 0.124 e. The molecule has 2 aromatic carbocycles. The largest absolute Gasteiger partial charge is 0.512 e. The second-order valence-electron chi connectivity index (χ2n) is 6.79. The fraction of sp³-hybridized carbons (Fsp3) is 0.286. The third kappa shape index (κ3) is 3.44. The molecule has 128 valence electrons. The Morgan fingerprint density at radius 2 is 1.92 bits per heavy atom. The molecule has 0 aliphatic heterocycles. The van der Waals surface area contributed by atoms with Crippen LogP contribution in [0, 0.1) is 11.8 Å². The number of allylic oxidation sites excluding steroid dienone is 2. The first-order valence-corrected chi connectivity index (χ1v) is 9.85. The molecule has 1 aromatic heterocycles. The highest BCUT2D eigenvalue weighted by atomic mass is 35.5. The molecule has 0 radical (unpaired) electrons. The summed E-state index contributed by atoms with van der Waals surface area (Å²) in [6.07, 6.45) is 3.55. The minimum atomic E-state index is 0.0999. The van der Waals surface area contributed by atoms with Crippen LogP contribution >= 0.6 is 22.9 Å². The van der Waals surface area contributed by atoms with Crippen molar-refractivity contribution in [2.24, 2.45) is 11.8 Å². The number of para-hydroxylation sites is 1. The lowest BCUT2D eigenvalue weighted by atomic mass is 9.84. The zero-order valence-electron chi connectivity index (χ0n) is 14.0. The van der Waals surface area contributed by atoms with Crippen molar-refractivity contribution in [3.63, 3.8) is 0 Å². The van der Waals surface area contributed by atoms with Gasteiger partial charge in [-0.2, -0.15) is 0 Å². The molecule has 3 aromatic rings. The van der Waals surface area contributed by atoms with E-state index in [4.69, 9.17) is 16.6 Å². The number of nitrogens with zero attached hydrogens (tertiary/aromatic N) is 1. The number of hydrogen-bond acceptors (Lipinski definition) is 3. The predicted molar refractivity (Wildman–Crippen MR) is 106 cm³/mol. The summed E-state index contributed by atoms with van der Waals surface area (Å²) in [5.41, 5.74) is 3.40. The summed E-state index contributed by atoms with van der Waals surface area (Å²) in [6, 6.07) is 16.7. The van der Waals surface area contributed by atoms with E-state index in [1.165, 1.54) is 10.3 Å². The van der Waals surface area contributed by atoms with Crippen LogP contribution in [0.2, 0.25) is 0 Å². The summed E-state index contributed by atoms with van der Waals surface area (Å²) in [5, 5.41) is 11.4. The molecule has 4 heteroatoms. The maximum absolute atomic E-state index is 10.2. The molecule has 2 unspecified atom stereocenters. The molecular formula is C21H20ClNOS. The number of benzene rings is 2. The Balaban J connectivity index is 1.53. The normalized spacial score (nSPS) is 23.6. The van der Waals surface area contributed by atoms with Crippen LogP contribution in [0.5, 0.6) is 0 Å². The molecule has 1 aliphatic rings. The van der Waals surface area contributed by atoms with E-state index in [-0.39, 0.29) is 17.2 Å². The number of rotatable bonds is 3. The molecule has 0 saturated heterocycles. The number of aliphatic hydroxyl groups excluding tert-OH is 1. The highest BCUT2D eigenvalue weighted by molar-refractivity contribution is 7.21. The molecule has 0 spiro atoms. The summed E-state index contributed by atoms with van der Waals surface area (Å²) in [4.78, 5) is 4.71. The van der Waals surface area contributed by atoms with E-state index in [0.29, 0.717) is 5.76 Å². The maximum atomic E-state index is 10.2. The number of aromatic nitrogens is 1. The Hall–Kier alpha value is -1.84. The van der Waals surface area contributed by atoms with Crippen LogP contribution in [-0.4, -0.2) is 15.5 Å². The van der Waals surface area contributed by atoms with Gasteiger partial charge < -0.3 is 5.11 Å². The van der Waals surface area contributed by atoms with Crippen LogP contribution in [0.1, 0.15) is 18.9 Å². The molecule has 25 heavy (non-hydrogen) atoms. The van der Waals surface area contributed by atoms with Gasteiger partial charge in [0.1, 0.15) is 5.01 Å². The molecule has 0 amide bonds. The van der Waals surface area contributed by atoms with Crippen molar-refractivity contribution < 1.29 is 5.11 Å². The molecule has 0 fully saturated rings. The Morgan fingerprint density at radius 3 is 2.68 bits per heavy atom. The monoisotopic (exact) mass is 369 g/mol. The molecular weight excluding hydrogens is 350 g/mol. The second-order valence-corrected chi connectivity index (χ2v) is 8.38. The van der Waals surface area contributed by atoms with E-state index in [1.807, 2.05) is 24.3 Å². The summed E-state index contributed by atoms with van der Waals surface area (Å²) in [5.74, 6) is 0.839. The Kier molecular flexibility index (Phi) is 4.53. The van der Waals surface area contributed by atoms with Crippen LogP contribution in [0.4, 0.5) is 0 Å².